The van der Waals surface area contributed by atoms with E-state index in [1.165, 1.54) is 38.5 Å². The molecule has 4 rings (SSSR count). The van der Waals surface area contributed by atoms with Crippen molar-refractivity contribution in [1.82, 2.24) is 4.90 Å². The summed E-state index contributed by atoms with van der Waals surface area (Å²) in [4.78, 5) is 20.0. The predicted molar refractivity (Wildman–Crippen MR) is 95.9 cm³/mol. The van der Waals surface area contributed by atoms with Gasteiger partial charge in [0.25, 0.3) is 0 Å². The Balaban J connectivity index is 1.49. The Morgan fingerprint density at radius 1 is 1.09 bits per heavy atom. The fraction of sp³-hybridized carbons (Fsp3) is 0.579. The summed E-state index contributed by atoms with van der Waals surface area (Å²) in [7, 11) is 0. The Kier molecular flexibility index (Phi) is 4.43. The number of nitrogens with zero attached hydrogens (tertiary/aromatic N) is 2. The standard InChI is InChI=1S/C19H24N2OS/c22-19(21-12-6-10-14-7-4-5-11-17(14)21)16-13-23-18(20-16)15-8-2-1-3-9-15/h1-3,8-9,14,16-17H,4-7,10-13H2. The summed E-state index contributed by atoms with van der Waals surface area (Å²) < 4.78 is 0. The lowest BCUT2D eigenvalue weighted by Crippen LogP contribution is -2.52. The summed E-state index contributed by atoms with van der Waals surface area (Å²) >= 11 is 1.73. The highest BCUT2D eigenvalue weighted by Crippen LogP contribution is 2.36. The van der Waals surface area contributed by atoms with E-state index >= 15 is 0 Å². The van der Waals surface area contributed by atoms with Crippen molar-refractivity contribution >= 4 is 22.7 Å². The Bertz CT molecular complexity index is 599. The van der Waals surface area contributed by atoms with Crippen LogP contribution in [0.4, 0.5) is 0 Å². The van der Waals surface area contributed by atoms with E-state index in [9.17, 15) is 4.79 Å². The molecule has 1 aliphatic carbocycles. The van der Waals surface area contributed by atoms with E-state index in [1.54, 1.807) is 11.8 Å². The summed E-state index contributed by atoms with van der Waals surface area (Å²) in [5.41, 5.74) is 1.14. The third-order valence-corrected chi connectivity index (χ3v) is 6.58. The number of carbonyl (C=O) groups excluding carboxylic acids is 1. The molecule has 1 aromatic carbocycles. The zero-order valence-electron chi connectivity index (χ0n) is 13.5. The third kappa shape index (κ3) is 3.06. The minimum Gasteiger partial charge on any atom is -0.338 e. The zero-order valence-corrected chi connectivity index (χ0v) is 14.3. The molecule has 3 nitrogen and oxygen atoms in total. The number of likely N-dealkylation sites (tertiary alicyclic amines) is 1. The van der Waals surface area contributed by atoms with Gasteiger partial charge in [-0.25, -0.2) is 0 Å². The molecule has 1 amide bonds. The molecule has 122 valence electrons. The summed E-state index contributed by atoms with van der Waals surface area (Å²) in [6.45, 7) is 0.942. The molecule has 23 heavy (non-hydrogen) atoms. The fourth-order valence-electron chi connectivity index (χ4n) is 4.33. The second-order valence-electron chi connectivity index (χ2n) is 6.91. The monoisotopic (exact) mass is 328 g/mol. The molecule has 3 atom stereocenters. The second kappa shape index (κ2) is 6.68. The van der Waals surface area contributed by atoms with Crippen molar-refractivity contribution in [3.63, 3.8) is 0 Å². The molecule has 3 unspecified atom stereocenters. The highest BCUT2D eigenvalue weighted by molar-refractivity contribution is 8.14. The van der Waals surface area contributed by atoms with Gasteiger partial charge in [-0.05, 0) is 31.6 Å². The van der Waals surface area contributed by atoms with Crippen molar-refractivity contribution in [2.45, 2.75) is 50.6 Å². The lowest BCUT2D eigenvalue weighted by Gasteiger charge is -2.44. The van der Waals surface area contributed by atoms with Gasteiger partial charge in [0.1, 0.15) is 6.04 Å². The smallest absolute Gasteiger partial charge is 0.248 e. The van der Waals surface area contributed by atoms with Crippen LogP contribution in [-0.4, -0.2) is 40.2 Å². The quantitative estimate of drug-likeness (QED) is 0.829. The van der Waals surface area contributed by atoms with Gasteiger partial charge in [0, 0.05) is 23.9 Å². The normalized spacial score (nSPS) is 30.7. The molecule has 1 saturated heterocycles. The highest BCUT2D eigenvalue weighted by atomic mass is 32.2. The van der Waals surface area contributed by atoms with E-state index in [0.717, 1.165) is 28.8 Å². The number of carbonyl (C=O) groups is 1. The number of piperidine rings is 1. The number of aliphatic imine (C=N–C) groups is 1. The van der Waals surface area contributed by atoms with Crippen molar-refractivity contribution in [2.24, 2.45) is 10.9 Å². The number of amides is 1. The first kappa shape index (κ1) is 15.3. The van der Waals surface area contributed by atoms with Crippen LogP contribution in [-0.2, 0) is 4.79 Å². The molecular formula is C19H24N2OS. The van der Waals surface area contributed by atoms with Gasteiger partial charge < -0.3 is 4.90 Å². The lowest BCUT2D eigenvalue weighted by molar-refractivity contribution is -0.138. The maximum Gasteiger partial charge on any atom is 0.248 e. The van der Waals surface area contributed by atoms with Gasteiger partial charge >= 0.3 is 0 Å². The molecule has 2 heterocycles. The zero-order chi connectivity index (χ0) is 15.6. The van der Waals surface area contributed by atoms with Crippen LogP contribution in [0.25, 0.3) is 0 Å². The molecule has 0 bridgehead atoms. The SMILES string of the molecule is O=C(C1CSC(c2ccccc2)=N1)N1CCCC2CCCCC21. The maximum atomic E-state index is 13.0. The predicted octanol–water partition coefficient (Wildman–Crippen LogP) is 3.73. The fourth-order valence-corrected chi connectivity index (χ4v) is 5.37. The second-order valence-corrected chi connectivity index (χ2v) is 7.92. The van der Waals surface area contributed by atoms with Gasteiger partial charge in [0.2, 0.25) is 5.91 Å². The van der Waals surface area contributed by atoms with Crippen LogP contribution in [0.15, 0.2) is 35.3 Å². The van der Waals surface area contributed by atoms with E-state index in [2.05, 4.69) is 17.0 Å². The summed E-state index contributed by atoms with van der Waals surface area (Å²) in [6.07, 6.45) is 7.62. The first-order valence-corrected chi connectivity index (χ1v) is 9.88. The van der Waals surface area contributed by atoms with Gasteiger partial charge in [-0.3, -0.25) is 9.79 Å². The number of hydrogen-bond donors (Lipinski definition) is 0. The van der Waals surface area contributed by atoms with Crippen molar-refractivity contribution in [2.75, 3.05) is 12.3 Å². The largest absolute Gasteiger partial charge is 0.338 e. The van der Waals surface area contributed by atoms with Crippen LogP contribution in [0.1, 0.15) is 44.1 Å². The number of rotatable bonds is 2. The van der Waals surface area contributed by atoms with Crippen LogP contribution in [0.3, 0.4) is 0 Å². The van der Waals surface area contributed by atoms with Gasteiger partial charge in [0.15, 0.2) is 0 Å². The molecule has 0 spiro atoms. The minimum atomic E-state index is -0.170. The molecule has 0 radical (unpaired) electrons. The Labute approximate surface area is 142 Å². The Morgan fingerprint density at radius 2 is 1.87 bits per heavy atom. The average Bonchev–Trinajstić information content (AvgIpc) is 3.11. The minimum absolute atomic E-state index is 0.170. The van der Waals surface area contributed by atoms with Crippen molar-refractivity contribution in [1.29, 1.82) is 0 Å². The van der Waals surface area contributed by atoms with Gasteiger partial charge in [0.05, 0.1) is 5.04 Å². The average molecular weight is 328 g/mol. The van der Waals surface area contributed by atoms with Gasteiger partial charge in [-0.1, -0.05) is 43.2 Å². The highest BCUT2D eigenvalue weighted by Gasteiger charge is 2.39. The number of fused-ring (bicyclic) bond motifs is 1. The van der Waals surface area contributed by atoms with E-state index in [-0.39, 0.29) is 11.9 Å². The van der Waals surface area contributed by atoms with Crippen LogP contribution >= 0.6 is 11.8 Å². The maximum absolute atomic E-state index is 13.0. The molecule has 3 aliphatic rings. The topological polar surface area (TPSA) is 32.7 Å². The summed E-state index contributed by atoms with van der Waals surface area (Å²) in [5.74, 6) is 1.82. The van der Waals surface area contributed by atoms with Crippen LogP contribution in [0.5, 0.6) is 0 Å². The number of hydrogen-bond acceptors (Lipinski definition) is 3. The molecule has 1 aromatic rings. The number of thioether (sulfide) groups is 1. The van der Waals surface area contributed by atoms with E-state index in [0.29, 0.717) is 6.04 Å². The molecule has 2 fully saturated rings. The first-order valence-electron chi connectivity index (χ1n) is 8.89. The first-order chi connectivity index (χ1) is 11.3. The summed E-state index contributed by atoms with van der Waals surface area (Å²) in [5, 5.41) is 1.03. The van der Waals surface area contributed by atoms with Crippen LogP contribution in [0.2, 0.25) is 0 Å². The van der Waals surface area contributed by atoms with Crippen molar-refractivity contribution in [3.05, 3.63) is 35.9 Å². The lowest BCUT2D eigenvalue weighted by atomic mass is 9.78. The molecular weight excluding hydrogens is 304 g/mol. The van der Waals surface area contributed by atoms with E-state index in [4.69, 9.17) is 4.99 Å². The van der Waals surface area contributed by atoms with Crippen molar-refractivity contribution < 1.29 is 4.79 Å². The van der Waals surface area contributed by atoms with E-state index in [1.807, 2.05) is 18.2 Å². The molecule has 0 aromatic heterocycles. The summed E-state index contributed by atoms with van der Waals surface area (Å²) in [6, 6.07) is 10.6. The molecule has 4 heteroatoms. The van der Waals surface area contributed by atoms with Crippen LogP contribution < -0.4 is 0 Å². The molecule has 1 saturated carbocycles. The van der Waals surface area contributed by atoms with Gasteiger partial charge in [-0.15, -0.1) is 11.8 Å². The Hall–Kier alpha value is -1.29. The third-order valence-electron chi connectivity index (χ3n) is 5.48. The van der Waals surface area contributed by atoms with Crippen molar-refractivity contribution in [3.8, 4) is 0 Å². The van der Waals surface area contributed by atoms with Gasteiger partial charge in [-0.2, -0.15) is 0 Å². The van der Waals surface area contributed by atoms with Crippen LogP contribution in [0, 0.1) is 5.92 Å². The molecule has 2 aliphatic heterocycles. The number of benzene rings is 1. The Morgan fingerprint density at radius 3 is 2.74 bits per heavy atom. The van der Waals surface area contributed by atoms with E-state index < -0.39 is 0 Å². The molecule has 0 N–H and O–H groups in total.